The number of unbranched alkanes of at least 4 members (excludes halogenated alkanes) is 1. The molecule has 0 heterocycles. The largest absolute Gasteiger partial charge is 0.444 e. The highest BCUT2D eigenvalue weighted by atomic mass is 16.6. The van der Waals surface area contributed by atoms with E-state index in [1.54, 1.807) is 20.8 Å². The third kappa shape index (κ3) is 24.6. The number of primary amides is 1. The molecule has 3 N–H and O–H groups in total. The third-order valence-corrected chi connectivity index (χ3v) is 0.918. The maximum Gasteiger partial charge on any atom is 0.405 e. The van der Waals surface area contributed by atoms with Crippen molar-refractivity contribution in [2.75, 3.05) is 6.61 Å². The molecule has 0 fully saturated rings. The van der Waals surface area contributed by atoms with Gasteiger partial charge in [0, 0.05) is 6.61 Å². The van der Waals surface area contributed by atoms with E-state index < -0.39 is 11.7 Å². The molecule has 0 aliphatic heterocycles. The number of ether oxygens (including phenoxy) is 1. The summed E-state index contributed by atoms with van der Waals surface area (Å²) in [5.41, 5.74) is 4.26. The lowest BCUT2D eigenvalue weighted by molar-refractivity contribution is 0.0600. The maximum absolute atomic E-state index is 10.0. The van der Waals surface area contributed by atoms with Crippen LogP contribution in [-0.2, 0) is 4.74 Å². The van der Waals surface area contributed by atoms with Gasteiger partial charge in [-0.1, -0.05) is 13.3 Å². The van der Waals surface area contributed by atoms with Crippen LogP contribution < -0.4 is 5.73 Å². The first-order valence-electron chi connectivity index (χ1n) is 4.42. The van der Waals surface area contributed by atoms with Gasteiger partial charge in [0.05, 0.1) is 0 Å². The summed E-state index contributed by atoms with van der Waals surface area (Å²) in [6.45, 7) is 7.68. The van der Waals surface area contributed by atoms with Crippen LogP contribution in [0.5, 0.6) is 0 Å². The summed E-state index contributed by atoms with van der Waals surface area (Å²) in [4.78, 5) is 10.0. The Bertz CT molecular complexity index is 127. The predicted molar refractivity (Wildman–Crippen MR) is 52.4 cm³/mol. The first-order chi connectivity index (χ1) is 5.83. The number of amides is 1. The monoisotopic (exact) mass is 191 g/mol. The number of hydrogen-bond donors (Lipinski definition) is 2. The van der Waals surface area contributed by atoms with Gasteiger partial charge in [0.15, 0.2) is 0 Å². The number of nitrogens with two attached hydrogens (primary N) is 1. The molecule has 0 aliphatic carbocycles. The van der Waals surface area contributed by atoms with Crippen LogP contribution in [-0.4, -0.2) is 23.4 Å². The van der Waals surface area contributed by atoms with Crippen LogP contribution >= 0.6 is 0 Å². The Morgan fingerprint density at radius 2 is 1.92 bits per heavy atom. The van der Waals surface area contributed by atoms with Gasteiger partial charge in [-0.25, -0.2) is 4.79 Å². The van der Waals surface area contributed by atoms with Crippen LogP contribution in [0.15, 0.2) is 0 Å². The Balaban J connectivity index is 0. The number of carbonyl (C=O) groups excluding carboxylic acids is 1. The van der Waals surface area contributed by atoms with E-state index in [0.717, 1.165) is 12.8 Å². The molecule has 0 aliphatic rings. The van der Waals surface area contributed by atoms with Gasteiger partial charge in [0.2, 0.25) is 0 Å². The van der Waals surface area contributed by atoms with Crippen molar-refractivity contribution >= 4 is 6.09 Å². The lowest BCUT2D eigenvalue weighted by Crippen LogP contribution is -2.27. The van der Waals surface area contributed by atoms with Crippen LogP contribution in [0.1, 0.15) is 40.5 Å². The van der Waals surface area contributed by atoms with Gasteiger partial charge in [-0.3, -0.25) is 0 Å². The summed E-state index contributed by atoms with van der Waals surface area (Å²) < 4.78 is 4.58. The molecule has 0 saturated heterocycles. The minimum atomic E-state index is -0.725. The summed E-state index contributed by atoms with van der Waals surface area (Å²) in [5.74, 6) is 0. The van der Waals surface area contributed by atoms with Crippen LogP contribution in [0.25, 0.3) is 0 Å². The number of aliphatic hydroxyl groups is 1. The van der Waals surface area contributed by atoms with Crippen molar-refractivity contribution < 1.29 is 14.6 Å². The highest BCUT2D eigenvalue weighted by Crippen LogP contribution is 2.04. The zero-order valence-electron chi connectivity index (χ0n) is 8.96. The fraction of sp³-hybridized carbons (Fsp3) is 0.889. The second-order valence-electron chi connectivity index (χ2n) is 3.61. The summed E-state index contributed by atoms with van der Waals surface area (Å²) in [5, 5.41) is 8.07. The standard InChI is InChI=1S/C5H11NO2.C4H10O/c1-5(2,3)8-4(6)7;1-2-3-4-5/h1-3H3,(H2,6,7);5H,2-4H2,1H3. The van der Waals surface area contributed by atoms with E-state index in [1.165, 1.54) is 0 Å². The summed E-state index contributed by atoms with van der Waals surface area (Å²) in [7, 11) is 0. The van der Waals surface area contributed by atoms with Gasteiger partial charge in [-0.15, -0.1) is 0 Å². The molecule has 0 radical (unpaired) electrons. The Labute approximate surface area is 80.1 Å². The third-order valence-electron chi connectivity index (χ3n) is 0.918. The van der Waals surface area contributed by atoms with Crippen molar-refractivity contribution in [3.63, 3.8) is 0 Å². The minimum absolute atomic E-state index is 0.344. The average molecular weight is 191 g/mol. The Hall–Kier alpha value is -0.770. The van der Waals surface area contributed by atoms with Gasteiger partial charge in [0.25, 0.3) is 0 Å². The lowest BCUT2D eigenvalue weighted by atomic mass is 10.2. The highest BCUT2D eigenvalue weighted by Gasteiger charge is 2.12. The van der Waals surface area contributed by atoms with Crippen molar-refractivity contribution in [2.45, 2.75) is 46.1 Å². The summed E-state index contributed by atoms with van der Waals surface area (Å²) in [6, 6.07) is 0. The molecule has 13 heavy (non-hydrogen) atoms. The molecular formula is C9H21NO3. The Morgan fingerprint density at radius 1 is 1.46 bits per heavy atom. The van der Waals surface area contributed by atoms with E-state index in [9.17, 15) is 4.79 Å². The molecule has 4 nitrogen and oxygen atoms in total. The van der Waals surface area contributed by atoms with Crippen molar-refractivity contribution in [1.82, 2.24) is 0 Å². The minimum Gasteiger partial charge on any atom is -0.444 e. The number of rotatable bonds is 2. The SMILES string of the molecule is CC(C)(C)OC(N)=O.CCCCO. The zero-order chi connectivity index (χ0) is 10.9. The predicted octanol–water partition coefficient (Wildman–Crippen LogP) is 1.66. The van der Waals surface area contributed by atoms with Gasteiger partial charge in [-0.05, 0) is 27.2 Å². The van der Waals surface area contributed by atoms with Crippen molar-refractivity contribution in [1.29, 1.82) is 0 Å². The molecule has 80 valence electrons. The number of aliphatic hydroxyl groups excluding tert-OH is 1. The van der Waals surface area contributed by atoms with E-state index in [2.05, 4.69) is 11.7 Å². The second kappa shape index (κ2) is 7.86. The molecule has 0 aromatic carbocycles. The van der Waals surface area contributed by atoms with E-state index in [1.807, 2.05) is 0 Å². The average Bonchev–Trinajstić information content (AvgIpc) is 1.84. The Morgan fingerprint density at radius 3 is 1.92 bits per heavy atom. The molecule has 4 heteroatoms. The molecule has 0 unspecified atom stereocenters. The summed E-state index contributed by atoms with van der Waals surface area (Å²) >= 11 is 0. The number of carbonyl (C=O) groups is 1. The van der Waals surface area contributed by atoms with Gasteiger partial charge < -0.3 is 15.6 Å². The maximum atomic E-state index is 10.0. The van der Waals surface area contributed by atoms with Crippen molar-refractivity contribution in [3.8, 4) is 0 Å². The van der Waals surface area contributed by atoms with Crippen molar-refractivity contribution in [3.05, 3.63) is 0 Å². The zero-order valence-corrected chi connectivity index (χ0v) is 8.96. The Kier molecular flexibility index (Phi) is 8.91. The molecule has 0 saturated carbocycles. The van der Waals surface area contributed by atoms with Gasteiger partial charge in [0.1, 0.15) is 5.60 Å². The van der Waals surface area contributed by atoms with Gasteiger partial charge in [-0.2, -0.15) is 0 Å². The fourth-order valence-electron chi connectivity index (χ4n) is 0.460. The van der Waals surface area contributed by atoms with Crippen LogP contribution in [0.2, 0.25) is 0 Å². The molecule has 0 spiro atoms. The van der Waals surface area contributed by atoms with Crippen LogP contribution in [0, 0.1) is 0 Å². The smallest absolute Gasteiger partial charge is 0.405 e. The van der Waals surface area contributed by atoms with E-state index >= 15 is 0 Å². The number of hydrogen-bond acceptors (Lipinski definition) is 3. The lowest BCUT2D eigenvalue weighted by Gasteiger charge is -2.16. The molecule has 1 amide bonds. The summed E-state index contributed by atoms with van der Waals surface area (Å²) in [6.07, 6.45) is 1.31. The van der Waals surface area contributed by atoms with E-state index in [4.69, 9.17) is 10.8 Å². The normalized spacial score (nSPS) is 9.92. The quantitative estimate of drug-likeness (QED) is 0.697. The van der Waals surface area contributed by atoms with Crippen LogP contribution in [0.4, 0.5) is 4.79 Å². The highest BCUT2D eigenvalue weighted by molar-refractivity contribution is 5.65. The molecule has 0 rings (SSSR count). The topological polar surface area (TPSA) is 72.5 Å². The first kappa shape index (κ1) is 14.7. The molecular weight excluding hydrogens is 170 g/mol. The van der Waals surface area contributed by atoms with E-state index in [0.29, 0.717) is 6.61 Å². The first-order valence-corrected chi connectivity index (χ1v) is 4.42. The molecule has 0 aromatic heterocycles. The van der Waals surface area contributed by atoms with Crippen molar-refractivity contribution in [2.24, 2.45) is 5.73 Å². The van der Waals surface area contributed by atoms with Gasteiger partial charge >= 0.3 is 6.09 Å². The molecule has 0 bridgehead atoms. The molecule has 0 aromatic rings. The fourth-order valence-corrected chi connectivity index (χ4v) is 0.460. The van der Waals surface area contributed by atoms with Crippen LogP contribution in [0.3, 0.4) is 0 Å². The van der Waals surface area contributed by atoms with E-state index in [-0.39, 0.29) is 0 Å². The molecule has 0 atom stereocenters. The second-order valence-corrected chi connectivity index (χ2v) is 3.61.